The van der Waals surface area contributed by atoms with E-state index >= 15 is 0 Å². The van der Waals surface area contributed by atoms with Crippen LogP contribution in [-0.4, -0.2) is 15.4 Å². The number of nitro groups is 1. The van der Waals surface area contributed by atoms with Crippen molar-refractivity contribution >= 4 is 16.2 Å². The summed E-state index contributed by atoms with van der Waals surface area (Å²) in [6, 6.07) is 6.46. The van der Waals surface area contributed by atoms with Crippen molar-refractivity contribution in [3.8, 4) is 0 Å². The number of nitrogens with zero attached hydrogens (tertiary/aromatic N) is 1. The maximum atomic E-state index is 10.4. The Morgan fingerprint density at radius 1 is 1.36 bits per heavy atom. The molecule has 5 heteroatoms. The van der Waals surface area contributed by atoms with E-state index in [1.165, 1.54) is 12.1 Å². The third kappa shape index (κ3) is 2.18. The van der Waals surface area contributed by atoms with Gasteiger partial charge in [-0.3, -0.25) is 10.1 Å². The first kappa shape index (κ1) is 10.9. The van der Waals surface area contributed by atoms with Crippen LogP contribution in [0.2, 0.25) is 0 Å². The average molecular weight is 211 g/mol. The minimum Gasteiger partial charge on any atom is -0.419 e. The lowest BCUT2D eigenvalue weighted by Crippen LogP contribution is -2.19. The molecule has 0 radical (unpaired) electrons. The van der Waals surface area contributed by atoms with Crippen LogP contribution in [0.1, 0.15) is 19.4 Å². The van der Waals surface area contributed by atoms with Crippen LogP contribution in [-0.2, 0) is 10.0 Å². The first-order valence-electron chi connectivity index (χ1n) is 4.27. The van der Waals surface area contributed by atoms with Gasteiger partial charge in [-0.2, -0.15) is 0 Å². The highest BCUT2D eigenvalue weighted by Gasteiger charge is 2.19. The van der Waals surface area contributed by atoms with Crippen molar-refractivity contribution in [3.63, 3.8) is 0 Å². The predicted octanol–water partition coefficient (Wildman–Crippen LogP) is 1.13. The van der Waals surface area contributed by atoms with Crippen molar-refractivity contribution in [2.75, 3.05) is 0 Å². The van der Waals surface area contributed by atoms with E-state index in [4.69, 9.17) is 4.43 Å². The number of nitro benzene ring substituents is 1. The minimum atomic E-state index is -0.404. The highest BCUT2D eigenvalue weighted by molar-refractivity contribution is 5.98. The van der Waals surface area contributed by atoms with Crippen LogP contribution in [0.3, 0.4) is 0 Å². The molecule has 1 rings (SSSR count). The van der Waals surface area contributed by atoms with Crippen LogP contribution in [0, 0.1) is 10.1 Å². The van der Waals surface area contributed by atoms with E-state index in [9.17, 15) is 10.1 Å². The fourth-order valence-corrected chi connectivity index (χ4v) is 1.34. The van der Waals surface area contributed by atoms with Gasteiger partial charge in [0.15, 0.2) is 0 Å². The molecule has 0 saturated carbocycles. The molecule has 0 N–H and O–H groups in total. The smallest absolute Gasteiger partial charge is 0.269 e. The van der Waals surface area contributed by atoms with Gasteiger partial charge in [0.25, 0.3) is 5.69 Å². The van der Waals surface area contributed by atoms with Crippen LogP contribution in [0.25, 0.3) is 0 Å². The van der Waals surface area contributed by atoms with Crippen LogP contribution in [0.15, 0.2) is 24.3 Å². The molecule has 0 heterocycles. The molecule has 1 aromatic rings. The molecule has 0 bridgehead atoms. The number of hydrogen-bond acceptors (Lipinski definition) is 3. The molecule has 4 nitrogen and oxygen atoms in total. The Morgan fingerprint density at radius 2 is 1.86 bits per heavy atom. The van der Waals surface area contributed by atoms with E-state index in [2.05, 4.69) is 0 Å². The fraction of sp³-hybridized carbons (Fsp3) is 0.333. The summed E-state index contributed by atoms with van der Waals surface area (Å²) in [4.78, 5) is 10.0. The molecule has 76 valence electrons. The number of non-ortho nitro benzene ring substituents is 1. The quantitative estimate of drug-likeness (QED) is 0.428. The lowest BCUT2D eigenvalue weighted by molar-refractivity contribution is -0.384. The van der Waals surface area contributed by atoms with E-state index in [0.29, 0.717) is 10.5 Å². The maximum Gasteiger partial charge on any atom is 0.269 e. The van der Waals surface area contributed by atoms with Crippen molar-refractivity contribution in [1.29, 1.82) is 0 Å². The van der Waals surface area contributed by atoms with Crippen LogP contribution in [0.5, 0.6) is 0 Å². The fourth-order valence-electron chi connectivity index (χ4n) is 1.10. The largest absolute Gasteiger partial charge is 0.419 e. The number of rotatable bonds is 3. The number of hydrogen-bond donors (Lipinski definition) is 0. The second kappa shape index (κ2) is 3.89. The Kier molecular flexibility index (Phi) is 3.02. The Hall–Kier alpha value is -1.20. The van der Waals surface area contributed by atoms with E-state index in [-0.39, 0.29) is 11.3 Å². The molecular formula is C9H13NO3Si. The minimum absolute atomic E-state index is 0.109. The van der Waals surface area contributed by atoms with E-state index in [1.54, 1.807) is 12.1 Å². The zero-order valence-electron chi connectivity index (χ0n) is 8.48. The maximum absolute atomic E-state index is 10.4. The van der Waals surface area contributed by atoms with Gasteiger partial charge >= 0.3 is 0 Å². The molecule has 0 unspecified atom stereocenters. The average Bonchev–Trinajstić information content (AvgIpc) is 2.18. The molecule has 0 saturated heterocycles. The van der Waals surface area contributed by atoms with E-state index in [0.717, 1.165) is 5.56 Å². The highest BCUT2D eigenvalue weighted by atomic mass is 28.2. The summed E-state index contributed by atoms with van der Waals surface area (Å²) in [6.45, 7) is 3.89. The second-order valence-corrected chi connectivity index (χ2v) is 3.93. The van der Waals surface area contributed by atoms with Crippen molar-refractivity contribution in [2.24, 2.45) is 0 Å². The summed E-state index contributed by atoms with van der Waals surface area (Å²) < 4.78 is 5.39. The van der Waals surface area contributed by atoms with Gasteiger partial charge < -0.3 is 4.43 Å². The van der Waals surface area contributed by atoms with Gasteiger partial charge in [-0.25, -0.2) is 0 Å². The monoisotopic (exact) mass is 211 g/mol. The molecule has 0 aliphatic carbocycles. The molecule has 0 fully saturated rings. The molecule has 14 heavy (non-hydrogen) atoms. The van der Waals surface area contributed by atoms with E-state index in [1.807, 2.05) is 13.8 Å². The normalized spacial score (nSPS) is 11.6. The molecule has 0 amide bonds. The van der Waals surface area contributed by atoms with Gasteiger partial charge in [0.1, 0.15) is 10.5 Å². The number of benzene rings is 1. The summed E-state index contributed by atoms with van der Waals surface area (Å²) in [6.07, 6.45) is 0. The lowest BCUT2D eigenvalue weighted by Gasteiger charge is -2.23. The Bertz CT molecular complexity index is 334. The highest BCUT2D eigenvalue weighted by Crippen LogP contribution is 2.25. The van der Waals surface area contributed by atoms with Crippen LogP contribution in [0.4, 0.5) is 5.69 Å². The lowest BCUT2D eigenvalue weighted by atomic mass is 9.98. The van der Waals surface area contributed by atoms with Gasteiger partial charge in [0, 0.05) is 12.1 Å². The van der Waals surface area contributed by atoms with E-state index < -0.39 is 4.92 Å². The molecular weight excluding hydrogens is 198 g/mol. The first-order chi connectivity index (χ1) is 6.47. The third-order valence-electron chi connectivity index (χ3n) is 2.28. The Morgan fingerprint density at radius 3 is 2.21 bits per heavy atom. The molecule has 0 spiro atoms. The second-order valence-electron chi connectivity index (χ2n) is 3.52. The summed E-state index contributed by atoms with van der Waals surface area (Å²) in [5.41, 5.74) is 0.720. The Labute approximate surface area is 85.6 Å². The van der Waals surface area contributed by atoms with Crippen LogP contribution >= 0.6 is 0 Å². The topological polar surface area (TPSA) is 52.4 Å². The van der Waals surface area contributed by atoms with Gasteiger partial charge in [-0.05, 0) is 31.5 Å². The SMILES string of the molecule is CC(C)(O[SiH3])c1ccc([N+](=O)[O-])cc1. The molecule has 1 aromatic carbocycles. The molecule has 0 atom stereocenters. The predicted molar refractivity (Wildman–Crippen MR) is 57.1 cm³/mol. The van der Waals surface area contributed by atoms with Gasteiger partial charge in [-0.1, -0.05) is 0 Å². The van der Waals surface area contributed by atoms with Crippen LogP contribution < -0.4 is 0 Å². The van der Waals surface area contributed by atoms with Crippen molar-refractivity contribution in [1.82, 2.24) is 0 Å². The standard InChI is InChI=1S/C9H13NO3Si/c1-9(2,13-14)7-3-5-8(6-4-7)10(11)12/h3-6H,1-2,14H3. The summed E-state index contributed by atoms with van der Waals surface area (Å²) in [5, 5.41) is 10.4. The summed E-state index contributed by atoms with van der Waals surface area (Å²) >= 11 is 0. The zero-order chi connectivity index (χ0) is 10.8. The van der Waals surface area contributed by atoms with Crippen molar-refractivity contribution < 1.29 is 9.35 Å². The first-order valence-corrected chi connectivity index (χ1v) is 5.09. The van der Waals surface area contributed by atoms with Gasteiger partial charge in [0.2, 0.25) is 0 Å². The van der Waals surface area contributed by atoms with Crippen molar-refractivity contribution in [3.05, 3.63) is 39.9 Å². The molecule has 0 aliphatic heterocycles. The zero-order valence-corrected chi connectivity index (χ0v) is 10.5. The summed E-state index contributed by atoms with van der Waals surface area (Å²) in [5.74, 6) is 0. The van der Waals surface area contributed by atoms with Crippen molar-refractivity contribution in [2.45, 2.75) is 19.4 Å². The third-order valence-corrected chi connectivity index (χ3v) is 3.30. The van der Waals surface area contributed by atoms with Gasteiger partial charge in [-0.15, -0.1) is 0 Å². The molecule has 0 aliphatic rings. The summed E-state index contributed by atoms with van der Waals surface area (Å²) in [7, 11) is 0.643. The Balaban J connectivity index is 2.99. The molecule has 0 aromatic heterocycles. The van der Waals surface area contributed by atoms with Gasteiger partial charge in [0.05, 0.1) is 10.5 Å².